The minimum Gasteiger partial charge on any atom is -0.550 e. The smallest absolute Gasteiger partial charge is 0.550 e. The van der Waals surface area contributed by atoms with Crippen LogP contribution in [0.1, 0.15) is 117 Å². The minimum absolute atomic E-state index is 0. The number of hydrogen-bond donors (Lipinski definition) is 0. The molecule has 0 aliphatic carbocycles. The van der Waals surface area contributed by atoms with Crippen molar-refractivity contribution in [3.8, 4) is 0 Å². The monoisotopic (exact) mass is 436 g/mol. The van der Waals surface area contributed by atoms with E-state index in [1.165, 1.54) is 83.5 Å². The molecule has 5 nitrogen and oxygen atoms in total. The zero-order chi connectivity index (χ0) is 21.2. The van der Waals surface area contributed by atoms with Crippen LogP contribution in [0.15, 0.2) is 0 Å². The van der Waals surface area contributed by atoms with Crippen molar-refractivity contribution in [3.05, 3.63) is 0 Å². The second-order valence-corrected chi connectivity index (χ2v) is 8.73. The van der Waals surface area contributed by atoms with Crippen LogP contribution in [0.5, 0.6) is 0 Å². The quantitative estimate of drug-likeness (QED) is 0.216. The molecule has 2 unspecified atom stereocenters. The van der Waals surface area contributed by atoms with Crippen molar-refractivity contribution in [1.82, 2.24) is 0 Å². The third kappa shape index (κ3) is 17.0. The second-order valence-electron chi connectivity index (χ2n) is 8.73. The van der Waals surface area contributed by atoms with Gasteiger partial charge in [-0.25, -0.2) is 0 Å². The number of aliphatic carboxylic acids is 1. The minimum atomic E-state index is -1.07. The maximum atomic E-state index is 10.6. The molecular weight excluding hydrogens is 391 g/mol. The number of rotatable bonds is 20. The Balaban J connectivity index is 0.00000841. The fraction of sp³-hybridized carbons (Fsp3) is 0.958. The van der Waals surface area contributed by atoms with Gasteiger partial charge in [-0.3, -0.25) is 0 Å². The first-order valence-electron chi connectivity index (χ1n) is 12.1. The molecule has 0 bridgehead atoms. The molecule has 1 heterocycles. The van der Waals surface area contributed by atoms with E-state index in [4.69, 9.17) is 14.2 Å². The second kappa shape index (κ2) is 20.0. The summed E-state index contributed by atoms with van der Waals surface area (Å²) in [5, 5.41) is 10.6. The SMILES string of the molecule is CCCCCCCCCCCCCCCCOCC1COC(C)(CCC(=O)[O-])O1.[Na+]. The Bertz CT molecular complexity index is 407. The normalized spacial score (nSPS) is 20.9. The molecule has 1 fully saturated rings. The Labute approximate surface area is 207 Å². The summed E-state index contributed by atoms with van der Waals surface area (Å²) >= 11 is 0. The molecule has 1 aliphatic heterocycles. The van der Waals surface area contributed by atoms with Gasteiger partial charge >= 0.3 is 29.6 Å². The van der Waals surface area contributed by atoms with Crippen molar-refractivity contribution in [2.45, 2.75) is 128 Å². The average molecular weight is 437 g/mol. The number of carbonyl (C=O) groups is 1. The van der Waals surface area contributed by atoms with Crippen LogP contribution < -0.4 is 34.7 Å². The van der Waals surface area contributed by atoms with Gasteiger partial charge in [-0.2, -0.15) is 0 Å². The van der Waals surface area contributed by atoms with Gasteiger partial charge in [0.2, 0.25) is 0 Å². The van der Waals surface area contributed by atoms with Gasteiger partial charge < -0.3 is 24.1 Å². The predicted molar refractivity (Wildman–Crippen MR) is 115 cm³/mol. The van der Waals surface area contributed by atoms with Crippen molar-refractivity contribution < 1.29 is 53.7 Å². The van der Waals surface area contributed by atoms with Crippen LogP contribution in [-0.2, 0) is 19.0 Å². The maximum Gasteiger partial charge on any atom is 1.00 e. The first-order chi connectivity index (χ1) is 14.1. The molecule has 0 aromatic heterocycles. The number of ether oxygens (including phenoxy) is 3. The first-order valence-corrected chi connectivity index (χ1v) is 12.1. The standard InChI is InChI=1S/C24H46O5.Na/c1-3-4-5-6-7-8-9-10-11-12-13-14-15-16-19-27-20-22-21-28-24(2,29-22)18-17-23(25)26;/h22H,3-21H2,1-2H3,(H,25,26);/q;+1/p-1. The summed E-state index contributed by atoms with van der Waals surface area (Å²) in [6.07, 6.45) is 19.1. The van der Waals surface area contributed by atoms with E-state index in [2.05, 4.69) is 6.92 Å². The third-order valence-corrected chi connectivity index (χ3v) is 5.72. The van der Waals surface area contributed by atoms with Crippen molar-refractivity contribution in [1.29, 1.82) is 0 Å². The zero-order valence-corrected chi connectivity index (χ0v) is 22.1. The van der Waals surface area contributed by atoms with Crippen LogP contribution in [0.2, 0.25) is 0 Å². The van der Waals surface area contributed by atoms with Gasteiger partial charge in [0.1, 0.15) is 6.10 Å². The fourth-order valence-corrected chi connectivity index (χ4v) is 3.85. The molecule has 2 atom stereocenters. The van der Waals surface area contributed by atoms with E-state index in [1.54, 1.807) is 6.92 Å². The number of unbranched alkanes of at least 4 members (excludes halogenated alkanes) is 13. The van der Waals surface area contributed by atoms with E-state index < -0.39 is 11.8 Å². The van der Waals surface area contributed by atoms with Crippen LogP contribution in [-0.4, -0.2) is 37.7 Å². The van der Waals surface area contributed by atoms with Crippen LogP contribution >= 0.6 is 0 Å². The summed E-state index contributed by atoms with van der Waals surface area (Å²) in [5.74, 6) is -1.89. The number of carboxylic acid groups (broad SMARTS) is 1. The Morgan fingerprint density at radius 1 is 0.933 bits per heavy atom. The largest absolute Gasteiger partial charge is 1.00 e. The molecule has 0 N–H and O–H groups in total. The van der Waals surface area contributed by atoms with E-state index in [0.29, 0.717) is 19.6 Å². The molecule has 0 saturated carbocycles. The van der Waals surface area contributed by atoms with E-state index in [-0.39, 0.29) is 42.1 Å². The molecule has 1 saturated heterocycles. The van der Waals surface area contributed by atoms with Crippen molar-refractivity contribution >= 4 is 5.97 Å². The summed E-state index contributed by atoms with van der Waals surface area (Å²) in [5.41, 5.74) is 0. The molecule has 172 valence electrons. The van der Waals surface area contributed by atoms with Crippen LogP contribution in [0, 0.1) is 0 Å². The van der Waals surface area contributed by atoms with Gasteiger partial charge in [-0.05, 0) is 19.8 Å². The van der Waals surface area contributed by atoms with Gasteiger partial charge in [-0.15, -0.1) is 0 Å². The number of hydrogen-bond acceptors (Lipinski definition) is 5. The van der Waals surface area contributed by atoms with Gasteiger partial charge in [-0.1, -0.05) is 90.4 Å². The zero-order valence-electron chi connectivity index (χ0n) is 20.1. The van der Waals surface area contributed by atoms with Gasteiger partial charge in [0.05, 0.1) is 13.2 Å². The van der Waals surface area contributed by atoms with Gasteiger partial charge in [0, 0.05) is 19.0 Å². The molecule has 0 radical (unpaired) electrons. The van der Waals surface area contributed by atoms with E-state index in [1.807, 2.05) is 0 Å². The average Bonchev–Trinajstić information content (AvgIpc) is 3.07. The van der Waals surface area contributed by atoms with Crippen molar-refractivity contribution in [2.75, 3.05) is 19.8 Å². The van der Waals surface area contributed by atoms with Gasteiger partial charge in [0.15, 0.2) is 5.79 Å². The Morgan fingerprint density at radius 2 is 1.43 bits per heavy atom. The van der Waals surface area contributed by atoms with Crippen molar-refractivity contribution in [2.24, 2.45) is 0 Å². The maximum absolute atomic E-state index is 10.6. The molecule has 0 amide bonds. The summed E-state index contributed by atoms with van der Waals surface area (Å²) in [4.78, 5) is 10.6. The Hall–Kier alpha value is 0.350. The summed E-state index contributed by atoms with van der Waals surface area (Å²) < 4.78 is 17.1. The van der Waals surface area contributed by atoms with E-state index in [9.17, 15) is 9.90 Å². The molecule has 6 heteroatoms. The Kier molecular flexibility index (Phi) is 20.2. The third-order valence-electron chi connectivity index (χ3n) is 5.72. The van der Waals surface area contributed by atoms with E-state index in [0.717, 1.165) is 13.0 Å². The molecule has 0 spiro atoms. The summed E-state index contributed by atoms with van der Waals surface area (Å²) in [7, 11) is 0. The van der Waals surface area contributed by atoms with Crippen LogP contribution in [0.3, 0.4) is 0 Å². The van der Waals surface area contributed by atoms with Crippen molar-refractivity contribution in [3.63, 3.8) is 0 Å². The van der Waals surface area contributed by atoms with Gasteiger partial charge in [0.25, 0.3) is 0 Å². The molecule has 0 aromatic rings. The van der Waals surface area contributed by atoms with E-state index >= 15 is 0 Å². The van der Waals surface area contributed by atoms with Crippen LogP contribution in [0.4, 0.5) is 0 Å². The molecule has 0 aromatic carbocycles. The molecule has 1 aliphatic rings. The topological polar surface area (TPSA) is 67.8 Å². The summed E-state index contributed by atoms with van der Waals surface area (Å²) in [6.45, 7) is 5.79. The van der Waals surface area contributed by atoms with Crippen LogP contribution in [0.25, 0.3) is 0 Å². The first kappa shape index (κ1) is 30.4. The molecular formula is C24H45NaO5. The molecule has 1 rings (SSSR count). The number of carboxylic acids is 1. The number of carbonyl (C=O) groups excluding carboxylic acids is 1. The molecule has 30 heavy (non-hydrogen) atoms. The predicted octanol–water partition coefficient (Wildman–Crippen LogP) is 2.15. The Morgan fingerprint density at radius 3 is 1.93 bits per heavy atom. The fourth-order valence-electron chi connectivity index (χ4n) is 3.85. The summed E-state index contributed by atoms with van der Waals surface area (Å²) in [6, 6.07) is 0.